The number of aromatic nitrogens is 5. The normalized spacial score (nSPS) is 13.5. The third-order valence-electron chi connectivity index (χ3n) is 3.58. The lowest BCUT2D eigenvalue weighted by Crippen LogP contribution is -2.25. The van der Waals surface area contributed by atoms with Gasteiger partial charge >= 0.3 is 0 Å². The zero-order valence-corrected chi connectivity index (χ0v) is 12.3. The lowest BCUT2D eigenvalue weighted by Gasteiger charge is -2.14. The Morgan fingerprint density at radius 1 is 1.33 bits per heavy atom. The number of amides is 1. The third-order valence-corrected chi connectivity index (χ3v) is 3.58. The van der Waals surface area contributed by atoms with Gasteiger partial charge in [-0.1, -0.05) is 6.92 Å². The maximum absolute atomic E-state index is 12.3. The summed E-state index contributed by atoms with van der Waals surface area (Å²) in [5, 5.41) is 6.83. The molecule has 0 spiro atoms. The molecule has 110 valence electrons. The van der Waals surface area contributed by atoms with E-state index in [0.29, 0.717) is 31.8 Å². The summed E-state index contributed by atoms with van der Waals surface area (Å²) < 4.78 is 0. The van der Waals surface area contributed by atoms with Crippen molar-refractivity contribution in [2.45, 2.75) is 46.2 Å². The number of fused-ring (bicyclic) bond motifs is 1. The second-order valence-electron chi connectivity index (χ2n) is 5.20. The molecule has 1 aliphatic heterocycles. The average Bonchev–Trinajstić information content (AvgIpc) is 3.09. The van der Waals surface area contributed by atoms with Crippen LogP contribution in [0.2, 0.25) is 0 Å². The highest BCUT2D eigenvalue weighted by Crippen LogP contribution is 2.21. The van der Waals surface area contributed by atoms with Gasteiger partial charge in [0.05, 0.1) is 12.2 Å². The first kappa shape index (κ1) is 13.7. The zero-order valence-electron chi connectivity index (χ0n) is 12.3. The highest BCUT2D eigenvalue weighted by Gasteiger charge is 2.25. The van der Waals surface area contributed by atoms with Crippen LogP contribution in [-0.4, -0.2) is 36.0 Å². The fourth-order valence-electron chi connectivity index (χ4n) is 2.42. The lowest BCUT2D eigenvalue weighted by molar-refractivity contribution is -0.131. The topological polar surface area (TPSA) is 87.7 Å². The van der Waals surface area contributed by atoms with E-state index in [1.54, 1.807) is 0 Å². The van der Waals surface area contributed by atoms with Crippen LogP contribution in [0.5, 0.6) is 0 Å². The number of rotatable bonds is 4. The first-order chi connectivity index (χ1) is 10.2. The molecule has 3 rings (SSSR count). The predicted octanol–water partition coefficient (Wildman–Crippen LogP) is 0.941. The van der Waals surface area contributed by atoms with E-state index in [1.807, 2.05) is 24.9 Å². The molecule has 2 aromatic heterocycles. The van der Waals surface area contributed by atoms with Crippen molar-refractivity contribution in [3.8, 4) is 0 Å². The molecule has 0 bridgehead atoms. The summed E-state index contributed by atoms with van der Waals surface area (Å²) in [4.78, 5) is 27.1. The quantitative estimate of drug-likeness (QED) is 0.903. The van der Waals surface area contributed by atoms with Gasteiger partial charge < -0.3 is 4.90 Å². The minimum atomic E-state index is 0.105. The second kappa shape index (κ2) is 5.59. The summed E-state index contributed by atoms with van der Waals surface area (Å²) in [7, 11) is 0. The SMILES string of the molecule is CCc1ncc2c(n1)CN(C(=O)CCc1n[nH]c(C)n1)C2. The Labute approximate surface area is 122 Å². The smallest absolute Gasteiger partial charge is 0.223 e. The molecule has 2 aromatic rings. The van der Waals surface area contributed by atoms with Gasteiger partial charge in [-0.2, -0.15) is 5.10 Å². The standard InChI is InChI=1S/C14H18N6O/c1-3-12-15-6-10-7-20(8-11(10)17-12)14(21)5-4-13-16-9(2)18-19-13/h6H,3-5,7-8H2,1-2H3,(H,16,18,19). The number of nitrogens with one attached hydrogen (secondary N) is 1. The number of carbonyl (C=O) groups excluding carboxylic acids is 1. The van der Waals surface area contributed by atoms with Crippen molar-refractivity contribution in [3.63, 3.8) is 0 Å². The van der Waals surface area contributed by atoms with Gasteiger partial charge in [-0.3, -0.25) is 9.89 Å². The molecule has 7 heteroatoms. The van der Waals surface area contributed by atoms with Crippen LogP contribution < -0.4 is 0 Å². The van der Waals surface area contributed by atoms with Crippen molar-refractivity contribution in [3.05, 3.63) is 34.9 Å². The van der Waals surface area contributed by atoms with Crippen molar-refractivity contribution in [1.82, 2.24) is 30.0 Å². The molecule has 21 heavy (non-hydrogen) atoms. The number of nitrogens with zero attached hydrogens (tertiary/aromatic N) is 5. The van der Waals surface area contributed by atoms with Gasteiger partial charge in [-0.25, -0.2) is 15.0 Å². The largest absolute Gasteiger partial charge is 0.332 e. The van der Waals surface area contributed by atoms with E-state index in [9.17, 15) is 4.79 Å². The highest BCUT2D eigenvalue weighted by atomic mass is 16.2. The Kier molecular flexibility index (Phi) is 3.64. The van der Waals surface area contributed by atoms with Crippen molar-refractivity contribution in [2.75, 3.05) is 0 Å². The molecule has 0 atom stereocenters. The van der Waals surface area contributed by atoms with E-state index in [-0.39, 0.29) is 5.91 Å². The van der Waals surface area contributed by atoms with Gasteiger partial charge in [0.25, 0.3) is 0 Å². The Morgan fingerprint density at radius 2 is 2.19 bits per heavy atom. The monoisotopic (exact) mass is 286 g/mol. The maximum Gasteiger partial charge on any atom is 0.223 e. The van der Waals surface area contributed by atoms with Crippen LogP contribution in [0, 0.1) is 6.92 Å². The molecule has 1 amide bonds. The fraction of sp³-hybridized carbons (Fsp3) is 0.500. The van der Waals surface area contributed by atoms with Crippen LogP contribution >= 0.6 is 0 Å². The Morgan fingerprint density at radius 3 is 2.90 bits per heavy atom. The number of aromatic amines is 1. The van der Waals surface area contributed by atoms with E-state index in [4.69, 9.17) is 0 Å². The van der Waals surface area contributed by atoms with Crippen LogP contribution in [0.4, 0.5) is 0 Å². The van der Waals surface area contributed by atoms with Crippen LogP contribution in [0.3, 0.4) is 0 Å². The molecular weight excluding hydrogens is 268 g/mol. The van der Waals surface area contributed by atoms with Crippen LogP contribution in [0.15, 0.2) is 6.20 Å². The van der Waals surface area contributed by atoms with Gasteiger partial charge in [-0.05, 0) is 6.92 Å². The molecule has 7 nitrogen and oxygen atoms in total. The minimum Gasteiger partial charge on any atom is -0.332 e. The molecule has 1 N–H and O–H groups in total. The molecular formula is C14H18N6O. The predicted molar refractivity (Wildman–Crippen MR) is 75.1 cm³/mol. The first-order valence-corrected chi connectivity index (χ1v) is 7.15. The van der Waals surface area contributed by atoms with E-state index >= 15 is 0 Å². The zero-order chi connectivity index (χ0) is 14.8. The number of carbonyl (C=O) groups is 1. The van der Waals surface area contributed by atoms with Crippen LogP contribution in [0.1, 0.15) is 42.1 Å². The van der Waals surface area contributed by atoms with Crippen molar-refractivity contribution in [2.24, 2.45) is 0 Å². The number of H-pyrrole nitrogens is 1. The molecule has 0 aromatic carbocycles. The van der Waals surface area contributed by atoms with Crippen LogP contribution in [0.25, 0.3) is 0 Å². The van der Waals surface area contributed by atoms with Gasteiger partial charge in [0.1, 0.15) is 11.6 Å². The number of aryl methyl sites for hydroxylation is 3. The van der Waals surface area contributed by atoms with Gasteiger partial charge in [0.15, 0.2) is 5.82 Å². The van der Waals surface area contributed by atoms with Crippen molar-refractivity contribution in [1.29, 1.82) is 0 Å². The minimum absolute atomic E-state index is 0.105. The van der Waals surface area contributed by atoms with E-state index < -0.39 is 0 Å². The van der Waals surface area contributed by atoms with Crippen molar-refractivity contribution >= 4 is 5.91 Å². The van der Waals surface area contributed by atoms with Gasteiger partial charge in [0.2, 0.25) is 5.91 Å². The second-order valence-corrected chi connectivity index (χ2v) is 5.20. The lowest BCUT2D eigenvalue weighted by atomic mass is 10.2. The van der Waals surface area contributed by atoms with Gasteiger partial charge in [0, 0.05) is 37.6 Å². The Hall–Kier alpha value is -2.31. The van der Waals surface area contributed by atoms with E-state index in [2.05, 4.69) is 25.1 Å². The summed E-state index contributed by atoms with van der Waals surface area (Å²) in [5.41, 5.74) is 2.03. The van der Waals surface area contributed by atoms with E-state index in [0.717, 1.165) is 29.3 Å². The summed E-state index contributed by atoms with van der Waals surface area (Å²) >= 11 is 0. The van der Waals surface area contributed by atoms with Crippen LogP contribution in [-0.2, 0) is 30.7 Å². The molecule has 0 unspecified atom stereocenters. The summed E-state index contributed by atoms with van der Waals surface area (Å²) in [5.74, 6) is 2.40. The molecule has 0 saturated heterocycles. The average molecular weight is 286 g/mol. The maximum atomic E-state index is 12.3. The number of hydrogen-bond donors (Lipinski definition) is 1. The third kappa shape index (κ3) is 2.91. The molecule has 0 aliphatic carbocycles. The van der Waals surface area contributed by atoms with Crippen molar-refractivity contribution < 1.29 is 4.79 Å². The van der Waals surface area contributed by atoms with E-state index in [1.165, 1.54) is 0 Å². The summed E-state index contributed by atoms with van der Waals surface area (Å²) in [6.45, 7) is 5.06. The molecule has 0 radical (unpaired) electrons. The van der Waals surface area contributed by atoms with Gasteiger partial charge in [-0.15, -0.1) is 0 Å². The molecule has 0 saturated carbocycles. The number of hydrogen-bond acceptors (Lipinski definition) is 5. The summed E-state index contributed by atoms with van der Waals surface area (Å²) in [6.07, 6.45) is 3.62. The Bertz CT molecular complexity index is 665. The molecule has 1 aliphatic rings. The molecule has 0 fully saturated rings. The fourth-order valence-corrected chi connectivity index (χ4v) is 2.42. The Balaban J connectivity index is 1.60. The first-order valence-electron chi connectivity index (χ1n) is 7.15. The molecule has 3 heterocycles. The summed E-state index contributed by atoms with van der Waals surface area (Å²) in [6, 6.07) is 0. The highest BCUT2D eigenvalue weighted by molar-refractivity contribution is 5.77.